The molecule has 0 bridgehead atoms. The lowest BCUT2D eigenvalue weighted by Gasteiger charge is -2.21. The minimum atomic E-state index is -3.38. The largest absolute Gasteiger partial charge is 0.381 e. The molecule has 114 valence electrons. The van der Waals surface area contributed by atoms with Crippen LogP contribution in [0.3, 0.4) is 0 Å². The number of hydrogen-bond acceptors (Lipinski definition) is 7. The van der Waals surface area contributed by atoms with E-state index in [0.717, 1.165) is 4.88 Å². The third-order valence-electron chi connectivity index (χ3n) is 3.24. The standard InChI is InChI=1S/C12H15N3O4S2/c16-21(17,9-3-5-18-6-4-9)13-8-11-14-12(19-15-11)10-2-1-7-20-10/h1-2,7,9,13H,3-6,8H2. The van der Waals surface area contributed by atoms with E-state index in [1.165, 1.54) is 11.3 Å². The molecule has 1 fully saturated rings. The van der Waals surface area contributed by atoms with E-state index >= 15 is 0 Å². The van der Waals surface area contributed by atoms with Crippen molar-refractivity contribution in [2.24, 2.45) is 0 Å². The van der Waals surface area contributed by atoms with Crippen LogP contribution in [0.4, 0.5) is 0 Å². The third kappa shape index (κ3) is 3.49. The van der Waals surface area contributed by atoms with Crippen LogP contribution in [0.5, 0.6) is 0 Å². The van der Waals surface area contributed by atoms with Gasteiger partial charge in [-0.3, -0.25) is 0 Å². The quantitative estimate of drug-likeness (QED) is 0.891. The highest BCUT2D eigenvalue weighted by Crippen LogP contribution is 2.22. The van der Waals surface area contributed by atoms with Crippen molar-refractivity contribution in [1.82, 2.24) is 14.9 Å². The molecule has 7 nitrogen and oxygen atoms in total. The number of ether oxygens (including phenoxy) is 1. The molecule has 0 aromatic carbocycles. The molecule has 3 heterocycles. The van der Waals surface area contributed by atoms with E-state index in [9.17, 15) is 8.42 Å². The Kier molecular flexibility index (Phi) is 4.34. The van der Waals surface area contributed by atoms with Crippen LogP contribution in [-0.2, 0) is 21.3 Å². The average Bonchev–Trinajstić information content (AvgIpc) is 3.17. The van der Waals surface area contributed by atoms with Gasteiger partial charge in [-0.15, -0.1) is 11.3 Å². The summed E-state index contributed by atoms with van der Waals surface area (Å²) in [5.41, 5.74) is 0. The second kappa shape index (κ2) is 6.22. The number of hydrogen-bond donors (Lipinski definition) is 1. The van der Waals surface area contributed by atoms with Gasteiger partial charge in [-0.05, 0) is 24.3 Å². The first-order valence-electron chi connectivity index (χ1n) is 6.58. The lowest BCUT2D eigenvalue weighted by molar-refractivity contribution is 0.0981. The van der Waals surface area contributed by atoms with Crippen molar-refractivity contribution < 1.29 is 17.7 Å². The fourth-order valence-corrected chi connectivity index (χ4v) is 4.12. The van der Waals surface area contributed by atoms with Crippen molar-refractivity contribution in [2.45, 2.75) is 24.6 Å². The molecule has 9 heteroatoms. The molecule has 2 aromatic rings. The van der Waals surface area contributed by atoms with Crippen molar-refractivity contribution >= 4 is 21.4 Å². The summed E-state index contributed by atoms with van der Waals surface area (Å²) in [4.78, 5) is 5.04. The summed E-state index contributed by atoms with van der Waals surface area (Å²) in [6.07, 6.45) is 1.03. The predicted molar refractivity (Wildman–Crippen MR) is 77.2 cm³/mol. The van der Waals surface area contributed by atoms with Crippen LogP contribution in [0.25, 0.3) is 10.8 Å². The Morgan fingerprint density at radius 2 is 2.19 bits per heavy atom. The first-order chi connectivity index (χ1) is 10.1. The topological polar surface area (TPSA) is 94.3 Å². The molecule has 0 radical (unpaired) electrons. The molecule has 1 saturated heterocycles. The van der Waals surface area contributed by atoms with Crippen LogP contribution in [0, 0.1) is 0 Å². The number of sulfonamides is 1. The Morgan fingerprint density at radius 1 is 1.38 bits per heavy atom. The maximum atomic E-state index is 12.1. The van der Waals surface area contributed by atoms with Gasteiger partial charge in [0.2, 0.25) is 10.0 Å². The molecule has 3 rings (SSSR count). The normalized spacial score (nSPS) is 17.1. The maximum absolute atomic E-state index is 12.1. The summed E-state index contributed by atoms with van der Waals surface area (Å²) < 4.78 is 37.1. The summed E-state index contributed by atoms with van der Waals surface area (Å²) in [6.45, 7) is 1.00. The Hall–Kier alpha value is -1.29. The second-order valence-corrected chi connectivity index (χ2v) is 7.66. The molecule has 1 aliphatic heterocycles. The highest BCUT2D eigenvalue weighted by atomic mass is 32.2. The lowest BCUT2D eigenvalue weighted by atomic mass is 10.2. The number of aromatic nitrogens is 2. The lowest BCUT2D eigenvalue weighted by Crippen LogP contribution is -2.37. The van der Waals surface area contributed by atoms with Crippen molar-refractivity contribution in [2.75, 3.05) is 13.2 Å². The molecule has 0 saturated carbocycles. The predicted octanol–water partition coefficient (Wildman–Crippen LogP) is 1.40. The molecule has 0 atom stereocenters. The Labute approximate surface area is 126 Å². The highest BCUT2D eigenvalue weighted by Gasteiger charge is 2.27. The maximum Gasteiger partial charge on any atom is 0.268 e. The fraction of sp³-hybridized carbons (Fsp3) is 0.500. The zero-order valence-electron chi connectivity index (χ0n) is 11.2. The molecule has 1 N–H and O–H groups in total. The Morgan fingerprint density at radius 3 is 2.90 bits per heavy atom. The molecule has 0 spiro atoms. The smallest absolute Gasteiger partial charge is 0.268 e. The van der Waals surface area contributed by atoms with Gasteiger partial charge in [0.05, 0.1) is 16.7 Å². The molecule has 2 aromatic heterocycles. The summed E-state index contributed by atoms with van der Waals surface area (Å²) in [5, 5.41) is 5.29. The van der Waals surface area contributed by atoms with E-state index in [0.29, 0.717) is 37.8 Å². The fourth-order valence-electron chi connectivity index (χ4n) is 2.10. The van der Waals surface area contributed by atoms with Crippen LogP contribution in [0.15, 0.2) is 22.0 Å². The summed E-state index contributed by atoms with van der Waals surface area (Å²) in [6, 6.07) is 3.76. The zero-order valence-corrected chi connectivity index (χ0v) is 12.8. The van der Waals surface area contributed by atoms with Crippen LogP contribution in [0.1, 0.15) is 18.7 Å². The van der Waals surface area contributed by atoms with E-state index in [4.69, 9.17) is 9.26 Å². The Bertz CT molecular complexity index is 675. The van der Waals surface area contributed by atoms with Crippen molar-refractivity contribution in [1.29, 1.82) is 0 Å². The highest BCUT2D eigenvalue weighted by molar-refractivity contribution is 7.90. The number of rotatable bonds is 5. The van der Waals surface area contributed by atoms with Gasteiger partial charge in [0.25, 0.3) is 5.89 Å². The van der Waals surface area contributed by atoms with Gasteiger partial charge < -0.3 is 9.26 Å². The van der Waals surface area contributed by atoms with Crippen molar-refractivity contribution in [3.05, 3.63) is 23.3 Å². The van der Waals surface area contributed by atoms with Gasteiger partial charge in [-0.25, -0.2) is 13.1 Å². The molecule has 0 aliphatic carbocycles. The molecular formula is C12H15N3O4S2. The number of thiophene rings is 1. The summed E-state index contributed by atoms with van der Waals surface area (Å²) in [7, 11) is -3.38. The summed E-state index contributed by atoms with van der Waals surface area (Å²) in [5.74, 6) is 0.735. The van der Waals surface area contributed by atoms with Crippen LogP contribution in [0.2, 0.25) is 0 Å². The van der Waals surface area contributed by atoms with Crippen molar-refractivity contribution in [3.8, 4) is 10.8 Å². The molecule has 1 aliphatic rings. The van der Waals surface area contributed by atoms with Crippen LogP contribution < -0.4 is 4.72 Å². The first-order valence-corrected chi connectivity index (χ1v) is 9.00. The molecule has 0 unspecified atom stereocenters. The molecule has 21 heavy (non-hydrogen) atoms. The second-order valence-electron chi connectivity index (χ2n) is 4.67. The monoisotopic (exact) mass is 329 g/mol. The average molecular weight is 329 g/mol. The Balaban J connectivity index is 1.62. The van der Waals surface area contributed by atoms with Gasteiger partial charge in [-0.1, -0.05) is 11.2 Å². The number of nitrogens with zero attached hydrogens (tertiary/aromatic N) is 2. The van der Waals surface area contributed by atoms with E-state index in [1.54, 1.807) is 0 Å². The van der Waals surface area contributed by atoms with E-state index in [1.807, 2.05) is 17.5 Å². The SMILES string of the molecule is O=S(=O)(NCc1noc(-c2cccs2)n1)C1CCOCC1. The summed E-state index contributed by atoms with van der Waals surface area (Å²) >= 11 is 1.49. The molecule has 0 amide bonds. The molecular weight excluding hydrogens is 314 g/mol. The van der Waals surface area contributed by atoms with Gasteiger partial charge in [-0.2, -0.15) is 4.98 Å². The zero-order chi connectivity index (χ0) is 14.7. The van der Waals surface area contributed by atoms with Gasteiger partial charge in [0.15, 0.2) is 5.82 Å². The minimum absolute atomic E-state index is 0.0363. The minimum Gasteiger partial charge on any atom is -0.381 e. The van der Waals surface area contributed by atoms with Crippen LogP contribution in [-0.4, -0.2) is 37.0 Å². The van der Waals surface area contributed by atoms with E-state index < -0.39 is 15.3 Å². The van der Waals surface area contributed by atoms with Gasteiger partial charge in [0, 0.05) is 13.2 Å². The van der Waals surface area contributed by atoms with E-state index in [2.05, 4.69) is 14.9 Å². The third-order valence-corrected chi connectivity index (χ3v) is 5.99. The van der Waals surface area contributed by atoms with Gasteiger partial charge >= 0.3 is 0 Å². The number of nitrogens with one attached hydrogen (secondary N) is 1. The van der Waals surface area contributed by atoms with Crippen LogP contribution >= 0.6 is 11.3 Å². The van der Waals surface area contributed by atoms with Crippen molar-refractivity contribution in [3.63, 3.8) is 0 Å². The van der Waals surface area contributed by atoms with E-state index in [-0.39, 0.29) is 6.54 Å². The first kappa shape index (κ1) is 14.6. The van der Waals surface area contributed by atoms with Gasteiger partial charge in [0.1, 0.15) is 0 Å².